The van der Waals surface area contributed by atoms with E-state index in [-0.39, 0.29) is 0 Å². The van der Waals surface area contributed by atoms with Gasteiger partial charge in [0.25, 0.3) is 0 Å². The molecule has 0 heterocycles. The number of nitrogens with zero attached hydrogens (tertiary/aromatic N) is 1. The molecule has 0 saturated carbocycles. The highest BCUT2D eigenvalue weighted by atomic mass is 35.9. The van der Waals surface area contributed by atoms with Gasteiger partial charge in [0.1, 0.15) is 5.81 Å². The summed E-state index contributed by atoms with van der Waals surface area (Å²) in [5.74, 6) is 1.62. The molecular weight excluding hydrogens is 128 g/mol. The highest BCUT2D eigenvalue weighted by molar-refractivity contribution is 8.07. The number of rotatable bonds is 0. The summed E-state index contributed by atoms with van der Waals surface area (Å²) < 4.78 is 0. The van der Waals surface area contributed by atoms with Gasteiger partial charge in [0.15, 0.2) is 6.63 Å². The maximum atomic E-state index is 7.66. The third kappa shape index (κ3) is 4.50. The lowest BCUT2D eigenvalue weighted by Crippen LogP contribution is -1.22. The summed E-state index contributed by atoms with van der Waals surface area (Å²) in [6, 6.07) is 0. The number of nitriles is 1. The summed E-state index contributed by atoms with van der Waals surface area (Å²) in [6.07, 6.45) is 0. The molecule has 0 atom stereocenters. The lowest BCUT2D eigenvalue weighted by molar-refractivity contribution is 1.57. The van der Waals surface area contributed by atoms with Gasteiger partial charge in [-0.05, 0) is 0 Å². The van der Waals surface area contributed by atoms with Crippen molar-refractivity contribution in [1.82, 2.24) is 0 Å². The van der Waals surface area contributed by atoms with Gasteiger partial charge in [0, 0.05) is 0 Å². The summed E-state index contributed by atoms with van der Waals surface area (Å²) >= 11 is 9.86. The Balaban J connectivity index is 2.94. The Kier molecular flexibility index (Phi) is 2.99. The maximum Gasteiger partial charge on any atom is 0.191 e. The normalized spacial score (nSPS) is 7.60. The van der Waals surface area contributed by atoms with Gasteiger partial charge >= 0.3 is 0 Å². The average molecular weight is 128 g/mol. The van der Waals surface area contributed by atoms with Crippen LogP contribution in [0.15, 0.2) is 0 Å². The summed E-state index contributed by atoms with van der Waals surface area (Å²) in [4.78, 5) is 0. The molecule has 0 aromatic carbocycles. The second-order valence-electron chi connectivity index (χ2n) is 0.333. The van der Waals surface area contributed by atoms with E-state index in [0.717, 1.165) is 0 Å². The van der Waals surface area contributed by atoms with E-state index in [1.165, 1.54) is 0 Å². The fourth-order valence-corrected chi connectivity index (χ4v) is 0. The summed E-state index contributed by atoms with van der Waals surface area (Å²) in [6.45, 7) is -1.35. The molecule has 0 aliphatic rings. The SMILES string of the molecule is N#CP(Cl)Cl. The third-order valence-corrected chi connectivity index (χ3v) is 0.680. The Morgan fingerprint density at radius 1 is 1.60 bits per heavy atom. The van der Waals surface area contributed by atoms with E-state index in [2.05, 4.69) is 0 Å². The Morgan fingerprint density at radius 2 is 1.80 bits per heavy atom. The molecule has 0 rings (SSSR count). The van der Waals surface area contributed by atoms with Crippen LogP contribution in [0.1, 0.15) is 0 Å². The number of hydrogen-bond donors (Lipinski definition) is 0. The van der Waals surface area contributed by atoms with Crippen LogP contribution in [0.2, 0.25) is 0 Å². The van der Waals surface area contributed by atoms with E-state index >= 15 is 0 Å². The number of halogens is 2. The van der Waals surface area contributed by atoms with E-state index in [0.29, 0.717) is 0 Å². The van der Waals surface area contributed by atoms with Crippen LogP contribution < -0.4 is 0 Å². The van der Waals surface area contributed by atoms with Crippen LogP contribution in [0, 0.1) is 11.1 Å². The Bertz CT molecular complexity index is 55.2. The Morgan fingerprint density at radius 3 is 1.80 bits per heavy atom. The molecule has 5 heavy (non-hydrogen) atoms. The monoisotopic (exact) mass is 127 g/mol. The molecule has 1 nitrogen and oxygen atoms in total. The quantitative estimate of drug-likeness (QED) is 0.459. The smallest absolute Gasteiger partial charge is 0.191 e. The first-order valence-electron chi connectivity index (χ1n) is 0.785. The molecule has 0 unspecified atom stereocenters. The summed E-state index contributed by atoms with van der Waals surface area (Å²) in [5.41, 5.74) is 0. The van der Waals surface area contributed by atoms with Crippen molar-refractivity contribution in [2.75, 3.05) is 0 Å². The summed E-state index contributed by atoms with van der Waals surface area (Å²) in [7, 11) is 0. The first-order valence-corrected chi connectivity index (χ1v) is 3.94. The lowest BCUT2D eigenvalue weighted by Gasteiger charge is -1.68. The van der Waals surface area contributed by atoms with Crippen molar-refractivity contribution in [3.63, 3.8) is 0 Å². The van der Waals surface area contributed by atoms with Crippen molar-refractivity contribution in [1.29, 1.82) is 5.26 Å². The predicted octanol–water partition coefficient (Wildman–Crippen LogP) is 2.26. The largest absolute Gasteiger partial charge is 0.191 e. The van der Waals surface area contributed by atoms with Crippen LogP contribution in [0.3, 0.4) is 0 Å². The molecule has 0 fully saturated rings. The first kappa shape index (κ1) is 5.50. The van der Waals surface area contributed by atoms with Gasteiger partial charge in [-0.3, -0.25) is 0 Å². The molecule has 0 radical (unpaired) electrons. The van der Waals surface area contributed by atoms with Crippen LogP contribution in [0.5, 0.6) is 0 Å². The van der Waals surface area contributed by atoms with Gasteiger partial charge in [-0.1, -0.05) is 22.5 Å². The van der Waals surface area contributed by atoms with Crippen LogP contribution in [0.25, 0.3) is 0 Å². The van der Waals surface area contributed by atoms with Crippen molar-refractivity contribution in [2.24, 2.45) is 0 Å². The van der Waals surface area contributed by atoms with Crippen molar-refractivity contribution >= 4 is 29.1 Å². The van der Waals surface area contributed by atoms with E-state index in [1.54, 1.807) is 5.81 Å². The van der Waals surface area contributed by atoms with Gasteiger partial charge in [-0.25, -0.2) is 0 Å². The van der Waals surface area contributed by atoms with E-state index in [1.807, 2.05) is 0 Å². The molecule has 0 aliphatic heterocycles. The molecule has 0 spiro atoms. The molecule has 28 valence electrons. The molecule has 0 bridgehead atoms. The molecule has 0 aromatic rings. The predicted molar refractivity (Wildman–Crippen MR) is 24.2 cm³/mol. The minimum absolute atomic E-state index is 1.35. The topological polar surface area (TPSA) is 23.8 Å². The standard InChI is InChI=1S/CCl2NP/c2-5(3)1-4. The van der Waals surface area contributed by atoms with Crippen molar-refractivity contribution in [2.45, 2.75) is 0 Å². The van der Waals surface area contributed by atoms with E-state index in [4.69, 9.17) is 27.7 Å². The second kappa shape index (κ2) is 2.72. The third-order valence-electron chi connectivity index (χ3n) is 0.0756. The zero-order chi connectivity index (χ0) is 4.28. The van der Waals surface area contributed by atoms with Crippen LogP contribution >= 0.6 is 29.1 Å². The highest BCUT2D eigenvalue weighted by Gasteiger charge is 1.86. The minimum Gasteiger partial charge on any atom is -0.191 e. The Labute approximate surface area is 40.8 Å². The first-order chi connectivity index (χ1) is 2.27. The van der Waals surface area contributed by atoms with Crippen molar-refractivity contribution in [3.8, 4) is 5.81 Å². The fourth-order valence-electron chi connectivity index (χ4n) is 0. The Hall–Kier alpha value is 0.500. The zero-order valence-corrected chi connectivity index (χ0v) is 4.56. The molecule has 0 saturated heterocycles. The second-order valence-corrected chi connectivity index (χ2v) is 3.55. The molecule has 0 aromatic heterocycles. The van der Waals surface area contributed by atoms with Gasteiger partial charge in [-0.2, -0.15) is 5.26 Å². The van der Waals surface area contributed by atoms with Crippen LogP contribution in [-0.4, -0.2) is 0 Å². The fraction of sp³-hybridized carbons (Fsp3) is 0. The molecular formula is CCl2NP. The van der Waals surface area contributed by atoms with E-state index < -0.39 is 6.63 Å². The zero-order valence-electron chi connectivity index (χ0n) is 2.15. The van der Waals surface area contributed by atoms with Gasteiger partial charge in [-0.15, -0.1) is 0 Å². The summed E-state index contributed by atoms with van der Waals surface area (Å²) in [5, 5.41) is 7.66. The lowest BCUT2D eigenvalue weighted by atomic mass is 11.8. The average Bonchev–Trinajstić information content (AvgIpc) is 1.38. The van der Waals surface area contributed by atoms with Crippen molar-refractivity contribution < 1.29 is 0 Å². The van der Waals surface area contributed by atoms with E-state index in [9.17, 15) is 0 Å². The molecule has 4 heteroatoms. The van der Waals surface area contributed by atoms with Crippen molar-refractivity contribution in [3.05, 3.63) is 0 Å². The molecule has 0 amide bonds. The molecule has 0 aliphatic carbocycles. The minimum atomic E-state index is -1.35. The number of hydrogen-bond acceptors (Lipinski definition) is 1. The van der Waals surface area contributed by atoms with Gasteiger partial charge in [0.05, 0.1) is 0 Å². The molecule has 0 N–H and O–H groups in total. The van der Waals surface area contributed by atoms with Crippen LogP contribution in [0.4, 0.5) is 0 Å². The van der Waals surface area contributed by atoms with Gasteiger partial charge < -0.3 is 0 Å². The van der Waals surface area contributed by atoms with Crippen LogP contribution in [-0.2, 0) is 0 Å². The van der Waals surface area contributed by atoms with Gasteiger partial charge in [0.2, 0.25) is 0 Å². The maximum absolute atomic E-state index is 7.66. The highest BCUT2D eigenvalue weighted by Crippen LogP contribution is 2.44.